The smallest absolute Gasteiger partial charge is 0.310 e. The molecule has 1 rings (SSSR count). The Kier molecular flexibility index (Phi) is 22.8. The molecular formula is C38H68ClNO5Si. The number of halogens is 1. The van der Waals surface area contributed by atoms with Crippen molar-refractivity contribution < 1.29 is 40.4 Å². The predicted molar refractivity (Wildman–Crippen MR) is 191 cm³/mol. The summed E-state index contributed by atoms with van der Waals surface area (Å²) in [6.45, 7) is 14.1. The first kappa shape index (κ1) is 44.3. The zero-order valence-corrected chi connectivity index (χ0v) is 32.6. The van der Waals surface area contributed by atoms with E-state index in [1.54, 1.807) is 0 Å². The van der Waals surface area contributed by atoms with Crippen molar-refractivity contribution in [1.82, 2.24) is 0 Å². The number of nitrogens with zero attached hydrogens (tertiary/aromatic N) is 1. The van der Waals surface area contributed by atoms with E-state index >= 15 is 0 Å². The second-order valence-corrected chi connectivity index (χ2v) is 20.1. The average Bonchev–Trinajstić information content (AvgIpc) is 2.93. The standard InChI is InChI=1S/C38H68NO5Si.ClH/c1-10-11-12-13-14-15-16-17-18-19-20-21-25-28-34(44-45(8,9)38(2,3)4)29-37(41)43-35(31-39(5,6)7)30-36(40)42-32-33-26-23-22-24-27-33;/h17-18,22-24,26-27,34-35H,10-16,19-21,25,28-32H2,1-9H3;1H/q+1;/p-1/b18-17-;/t34?,35-;/m1./s1. The van der Waals surface area contributed by atoms with Crippen LogP contribution in [0.5, 0.6) is 0 Å². The molecule has 0 aliphatic heterocycles. The summed E-state index contributed by atoms with van der Waals surface area (Å²) < 4.78 is 18.8. The monoisotopic (exact) mass is 681 g/mol. The van der Waals surface area contributed by atoms with E-state index in [0.29, 0.717) is 11.0 Å². The highest BCUT2D eigenvalue weighted by molar-refractivity contribution is 6.74. The summed E-state index contributed by atoms with van der Waals surface area (Å²) in [5, 5.41) is 0.0463. The Hall–Kier alpha value is -1.67. The molecule has 0 spiro atoms. The van der Waals surface area contributed by atoms with Crippen LogP contribution in [0.15, 0.2) is 42.5 Å². The van der Waals surface area contributed by atoms with Gasteiger partial charge >= 0.3 is 11.9 Å². The highest BCUT2D eigenvalue weighted by Crippen LogP contribution is 2.38. The van der Waals surface area contributed by atoms with Crippen LogP contribution in [-0.4, -0.2) is 64.6 Å². The number of hydrogen-bond acceptors (Lipinski definition) is 5. The first-order valence-corrected chi connectivity index (χ1v) is 20.6. The van der Waals surface area contributed by atoms with Crippen LogP contribution in [0.2, 0.25) is 18.1 Å². The zero-order chi connectivity index (χ0) is 33.8. The Balaban J connectivity index is 0.0000202. The van der Waals surface area contributed by atoms with Gasteiger partial charge in [-0.15, -0.1) is 0 Å². The molecule has 0 N–H and O–H groups in total. The maximum Gasteiger partial charge on any atom is 0.310 e. The molecule has 0 aliphatic carbocycles. The van der Waals surface area contributed by atoms with Crippen molar-refractivity contribution in [1.29, 1.82) is 0 Å². The first-order chi connectivity index (χ1) is 21.1. The van der Waals surface area contributed by atoms with Gasteiger partial charge in [0.15, 0.2) is 14.4 Å². The Labute approximate surface area is 290 Å². The van der Waals surface area contributed by atoms with Gasteiger partial charge in [-0.25, -0.2) is 0 Å². The highest BCUT2D eigenvalue weighted by atomic mass is 35.5. The number of benzene rings is 1. The van der Waals surface area contributed by atoms with Gasteiger partial charge in [0.2, 0.25) is 0 Å². The predicted octanol–water partition coefficient (Wildman–Crippen LogP) is 6.78. The Morgan fingerprint density at radius 2 is 1.35 bits per heavy atom. The summed E-state index contributed by atoms with van der Waals surface area (Å²) in [4.78, 5) is 26.0. The number of esters is 2. The maximum absolute atomic E-state index is 13.3. The molecule has 8 heteroatoms. The highest BCUT2D eigenvalue weighted by Gasteiger charge is 2.39. The van der Waals surface area contributed by atoms with Gasteiger partial charge in [-0.3, -0.25) is 9.59 Å². The summed E-state index contributed by atoms with van der Waals surface area (Å²) in [5.41, 5.74) is 0.931. The van der Waals surface area contributed by atoms with Gasteiger partial charge in [-0.1, -0.05) is 115 Å². The lowest BCUT2D eigenvalue weighted by molar-refractivity contribution is -0.873. The fourth-order valence-electron chi connectivity index (χ4n) is 5.04. The number of carbonyl (C=O) groups is 2. The van der Waals surface area contributed by atoms with E-state index in [-0.39, 0.29) is 54.9 Å². The quantitative estimate of drug-likeness (QED) is 0.0396. The van der Waals surface area contributed by atoms with E-state index in [1.807, 2.05) is 51.5 Å². The van der Waals surface area contributed by atoms with Crippen molar-refractivity contribution in [3.8, 4) is 0 Å². The van der Waals surface area contributed by atoms with E-state index in [1.165, 1.54) is 44.9 Å². The van der Waals surface area contributed by atoms with Crippen LogP contribution in [-0.2, 0) is 30.1 Å². The molecule has 0 radical (unpaired) electrons. The molecule has 0 aliphatic rings. The molecule has 0 saturated heterocycles. The van der Waals surface area contributed by atoms with Gasteiger partial charge < -0.3 is 30.8 Å². The van der Waals surface area contributed by atoms with E-state index in [4.69, 9.17) is 13.9 Å². The molecule has 46 heavy (non-hydrogen) atoms. The molecule has 0 fully saturated rings. The Morgan fingerprint density at radius 1 is 0.804 bits per heavy atom. The zero-order valence-electron chi connectivity index (χ0n) is 30.9. The molecule has 0 heterocycles. The SMILES string of the molecule is CCCCCCCC/C=C\CCCCCC(CC(=O)O[C@H](CC(=O)OCc1ccccc1)C[N+](C)(C)C)O[Si](C)(C)C(C)(C)C.[Cl-]. The molecule has 0 bridgehead atoms. The number of unbranched alkanes of at least 4 members (excludes halogenated alkanes) is 9. The van der Waals surface area contributed by atoms with Crippen LogP contribution in [0, 0.1) is 0 Å². The van der Waals surface area contributed by atoms with E-state index in [2.05, 4.69) is 52.9 Å². The summed E-state index contributed by atoms with van der Waals surface area (Å²) in [6, 6.07) is 9.62. The number of carbonyl (C=O) groups excluding carboxylic acids is 2. The number of ether oxygens (including phenoxy) is 2. The van der Waals surface area contributed by atoms with E-state index in [9.17, 15) is 9.59 Å². The molecule has 6 nitrogen and oxygen atoms in total. The van der Waals surface area contributed by atoms with Crippen LogP contribution in [0.1, 0.15) is 123 Å². The number of likely N-dealkylation sites (N-methyl/N-ethyl adjacent to an activating group) is 1. The van der Waals surface area contributed by atoms with Crippen molar-refractivity contribution >= 4 is 20.3 Å². The van der Waals surface area contributed by atoms with Crippen molar-refractivity contribution in [3.05, 3.63) is 48.0 Å². The van der Waals surface area contributed by atoms with Gasteiger partial charge in [-0.2, -0.15) is 0 Å². The van der Waals surface area contributed by atoms with Crippen LogP contribution >= 0.6 is 0 Å². The molecule has 0 saturated carbocycles. The second-order valence-electron chi connectivity index (χ2n) is 15.3. The van der Waals surface area contributed by atoms with Gasteiger partial charge in [0.05, 0.1) is 40.1 Å². The normalized spacial score (nSPS) is 13.7. The summed E-state index contributed by atoms with van der Waals surface area (Å²) in [7, 11) is 4.01. The second kappa shape index (κ2) is 23.6. The average molecular weight is 683 g/mol. The molecule has 1 aromatic rings. The molecule has 0 amide bonds. The third kappa shape index (κ3) is 22.0. The molecule has 266 valence electrons. The topological polar surface area (TPSA) is 61.8 Å². The Morgan fingerprint density at radius 3 is 1.91 bits per heavy atom. The molecule has 0 aromatic heterocycles. The lowest BCUT2D eigenvalue weighted by Gasteiger charge is -2.39. The number of quaternary nitrogens is 1. The largest absolute Gasteiger partial charge is 1.00 e. The van der Waals surface area contributed by atoms with Crippen molar-refractivity contribution in [2.24, 2.45) is 0 Å². The third-order valence-electron chi connectivity index (χ3n) is 8.64. The van der Waals surface area contributed by atoms with Gasteiger partial charge in [0.25, 0.3) is 0 Å². The fourth-order valence-corrected chi connectivity index (χ4v) is 6.43. The Bertz CT molecular complexity index is 972. The number of rotatable bonds is 24. The summed E-state index contributed by atoms with van der Waals surface area (Å²) in [6.07, 6.45) is 18.7. The van der Waals surface area contributed by atoms with Gasteiger partial charge in [0, 0.05) is 0 Å². The minimum atomic E-state index is -2.08. The lowest BCUT2D eigenvalue weighted by Crippen LogP contribution is -3.00. The first-order valence-electron chi connectivity index (χ1n) is 17.6. The van der Waals surface area contributed by atoms with Gasteiger partial charge in [-0.05, 0) is 55.8 Å². The van der Waals surface area contributed by atoms with E-state index in [0.717, 1.165) is 37.7 Å². The minimum Gasteiger partial charge on any atom is -1.00 e. The van der Waals surface area contributed by atoms with Crippen molar-refractivity contribution in [3.63, 3.8) is 0 Å². The van der Waals surface area contributed by atoms with Crippen LogP contribution < -0.4 is 12.4 Å². The van der Waals surface area contributed by atoms with Gasteiger partial charge in [0.1, 0.15) is 13.2 Å². The van der Waals surface area contributed by atoms with Crippen LogP contribution in [0.3, 0.4) is 0 Å². The lowest BCUT2D eigenvalue weighted by atomic mass is 10.1. The number of hydrogen-bond donors (Lipinski definition) is 0. The van der Waals surface area contributed by atoms with Crippen LogP contribution in [0.4, 0.5) is 0 Å². The molecule has 1 aromatic carbocycles. The van der Waals surface area contributed by atoms with Crippen LogP contribution in [0.25, 0.3) is 0 Å². The number of allylic oxidation sites excluding steroid dienone is 2. The van der Waals surface area contributed by atoms with Crippen molar-refractivity contribution in [2.75, 3.05) is 27.7 Å². The third-order valence-corrected chi connectivity index (χ3v) is 13.2. The fraction of sp³-hybridized carbons (Fsp3) is 0.737. The van der Waals surface area contributed by atoms with Crippen molar-refractivity contribution in [2.45, 2.75) is 155 Å². The molecular weight excluding hydrogens is 614 g/mol. The maximum atomic E-state index is 13.3. The van der Waals surface area contributed by atoms with E-state index < -0.39 is 14.4 Å². The summed E-state index contributed by atoms with van der Waals surface area (Å²) in [5.74, 6) is -0.661. The summed E-state index contributed by atoms with van der Waals surface area (Å²) >= 11 is 0. The minimum absolute atomic E-state index is 0. The molecule has 1 unspecified atom stereocenters. The molecule has 2 atom stereocenters.